The fourth-order valence-corrected chi connectivity index (χ4v) is 3.24. The van der Waals surface area contributed by atoms with Crippen LogP contribution in [-0.2, 0) is 21.3 Å². The number of hydrogen-bond acceptors (Lipinski definition) is 4. The van der Waals surface area contributed by atoms with Crippen LogP contribution in [0, 0.1) is 6.92 Å². The maximum Gasteiger partial charge on any atom is 0.240 e. The molecular formula is C14H24N2O3S. The summed E-state index contributed by atoms with van der Waals surface area (Å²) in [5, 5.41) is 3.03. The van der Waals surface area contributed by atoms with Crippen molar-refractivity contribution in [2.45, 2.75) is 37.8 Å². The molecule has 0 spiro atoms. The minimum atomic E-state index is -3.53. The van der Waals surface area contributed by atoms with Gasteiger partial charge in [0.2, 0.25) is 10.0 Å². The van der Waals surface area contributed by atoms with Crippen molar-refractivity contribution in [3.05, 3.63) is 29.3 Å². The third kappa shape index (κ3) is 4.28. The van der Waals surface area contributed by atoms with Crippen LogP contribution in [-0.4, -0.2) is 34.7 Å². The minimum Gasteiger partial charge on any atom is -0.377 e. The largest absolute Gasteiger partial charge is 0.377 e. The maximum absolute atomic E-state index is 12.4. The van der Waals surface area contributed by atoms with Gasteiger partial charge < -0.3 is 10.1 Å². The van der Waals surface area contributed by atoms with E-state index in [1.807, 2.05) is 33.9 Å². The monoisotopic (exact) mass is 300 g/mol. The second-order valence-corrected chi connectivity index (χ2v) is 7.09. The van der Waals surface area contributed by atoms with Crippen molar-refractivity contribution in [3.8, 4) is 0 Å². The van der Waals surface area contributed by atoms with Gasteiger partial charge >= 0.3 is 0 Å². The number of rotatable bonds is 7. The fraction of sp³-hybridized carbons (Fsp3) is 0.571. The van der Waals surface area contributed by atoms with Crippen LogP contribution in [0.2, 0.25) is 0 Å². The van der Waals surface area contributed by atoms with Crippen LogP contribution in [0.3, 0.4) is 0 Å². The highest BCUT2D eigenvalue weighted by Gasteiger charge is 2.23. The maximum atomic E-state index is 12.4. The molecule has 6 heteroatoms. The Balaban J connectivity index is 3.01. The molecule has 1 aromatic carbocycles. The molecule has 0 saturated heterocycles. The van der Waals surface area contributed by atoms with E-state index in [9.17, 15) is 8.42 Å². The molecule has 0 heterocycles. The summed E-state index contributed by atoms with van der Waals surface area (Å²) in [5.41, 5.74) is 1.20. The van der Waals surface area contributed by atoms with Crippen LogP contribution >= 0.6 is 0 Å². The van der Waals surface area contributed by atoms with E-state index in [1.54, 1.807) is 19.2 Å². The predicted molar refractivity (Wildman–Crippen MR) is 80.2 cm³/mol. The lowest BCUT2D eigenvalue weighted by molar-refractivity contribution is 0.0276. The molecule has 0 amide bonds. The number of benzene rings is 1. The Kier molecular flexibility index (Phi) is 5.70. The Morgan fingerprint density at radius 2 is 1.95 bits per heavy atom. The summed E-state index contributed by atoms with van der Waals surface area (Å²) in [7, 11) is -0.137. The predicted octanol–water partition coefficient (Wildman–Crippen LogP) is 1.42. The van der Waals surface area contributed by atoms with Gasteiger partial charge in [-0.15, -0.1) is 0 Å². The summed E-state index contributed by atoms with van der Waals surface area (Å²) >= 11 is 0. The lowest BCUT2D eigenvalue weighted by atomic mass is 10.1. The Morgan fingerprint density at radius 1 is 1.30 bits per heavy atom. The van der Waals surface area contributed by atoms with Crippen molar-refractivity contribution in [3.63, 3.8) is 0 Å². The van der Waals surface area contributed by atoms with Crippen molar-refractivity contribution in [1.29, 1.82) is 0 Å². The van der Waals surface area contributed by atoms with Crippen LogP contribution in [0.4, 0.5) is 0 Å². The molecule has 1 rings (SSSR count). The van der Waals surface area contributed by atoms with Gasteiger partial charge in [-0.2, -0.15) is 0 Å². The van der Waals surface area contributed by atoms with Crippen LogP contribution < -0.4 is 10.0 Å². The number of sulfonamides is 1. The average Bonchev–Trinajstić information content (AvgIpc) is 2.39. The van der Waals surface area contributed by atoms with E-state index in [-0.39, 0.29) is 6.54 Å². The summed E-state index contributed by atoms with van der Waals surface area (Å²) in [6.45, 7) is 6.35. The summed E-state index contributed by atoms with van der Waals surface area (Å²) < 4.78 is 32.6. The van der Waals surface area contributed by atoms with Gasteiger partial charge in [-0.25, -0.2) is 13.1 Å². The lowest BCUT2D eigenvalue weighted by Crippen LogP contribution is -2.39. The zero-order valence-electron chi connectivity index (χ0n) is 12.8. The van der Waals surface area contributed by atoms with Gasteiger partial charge in [-0.3, -0.25) is 0 Å². The molecule has 2 N–H and O–H groups in total. The van der Waals surface area contributed by atoms with Crippen LogP contribution in [0.5, 0.6) is 0 Å². The second kappa shape index (κ2) is 6.67. The summed E-state index contributed by atoms with van der Waals surface area (Å²) in [6, 6.07) is 5.30. The minimum absolute atomic E-state index is 0.224. The van der Waals surface area contributed by atoms with E-state index in [0.29, 0.717) is 11.4 Å². The van der Waals surface area contributed by atoms with Crippen LogP contribution in [0.25, 0.3) is 0 Å². The fourth-order valence-electron chi connectivity index (χ4n) is 1.75. The third-order valence-corrected chi connectivity index (χ3v) is 4.84. The van der Waals surface area contributed by atoms with Gasteiger partial charge in [0.25, 0.3) is 0 Å². The van der Waals surface area contributed by atoms with Crippen molar-refractivity contribution < 1.29 is 13.2 Å². The molecule has 0 radical (unpaired) electrons. The Bertz CT molecular complexity index is 554. The van der Waals surface area contributed by atoms with E-state index in [1.165, 1.54) is 0 Å². The van der Waals surface area contributed by atoms with Gasteiger partial charge in [0, 0.05) is 20.2 Å². The average molecular weight is 300 g/mol. The van der Waals surface area contributed by atoms with Crippen molar-refractivity contribution in [1.82, 2.24) is 10.0 Å². The third-order valence-electron chi connectivity index (χ3n) is 3.29. The molecule has 0 aliphatic rings. The molecule has 1 aromatic rings. The lowest BCUT2D eigenvalue weighted by Gasteiger charge is -2.23. The summed E-state index contributed by atoms with van der Waals surface area (Å²) in [6.07, 6.45) is 0. The van der Waals surface area contributed by atoms with E-state index in [4.69, 9.17) is 4.74 Å². The van der Waals surface area contributed by atoms with Gasteiger partial charge in [-0.1, -0.05) is 12.1 Å². The summed E-state index contributed by atoms with van der Waals surface area (Å²) in [5.74, 6) is 0. The van der Waals surface area contributed by atoms with E-state index in [2.05, 4.69) is 10.0 Å². The molecule has 0 saturated carbocycles. The zero-order valence-corrected chi connectivity index (χ0v) is 13.6. The Morgan fingerprint density at radius 3 is 2.50 bits per heavy atom. The van der Waals surface area contributed by atoms with E-state index >= 15 is 0 Å². The number of hydrogen-bond donors (Lipinski definition) is 2. The van der Waals surface area contributed by atoms with Gasteiger partial charge in [-0.05, 0) is 45.0 Å². The molecule has 0 atom stereocenters. The van der Waals surface area contributed by atoms with Gasteiger partial charge in [0.1, 0.15) is 0 Å². The number of methoxy groups -OCH3 is 1. The Hall–Kier alpha value is -0.950. The van der Waals surface area contributed by atoms with Crippen LogP contribution in [0.15, 0.2) is 23.1 Å². The highest BCUT2D eigenvalue weighted by molar-refractivity contribution is 7.89. The molecule has 0 unspecified atom stereocenters. The molecule has 0 aliphatic carbocycles. The molecule has 114 valence electrons. The second-order valence-electron chi connectivity index (χ2n) is 5.36. The first-order valence-corrected chi connectivity index (χ1v) is 8.00. The Labute approximate surface area is 121 Å². The van der Waals surface area contributed by atoms with Crippen molar-refractivity contribution >= 4 is 10.0 Å². The molecule has 5 nitrogen and oxygen atoms in total. The molecule has 0 bridgehead atoms. The highest BCUT2D eigenvalue weighted by Crippen LogP contribution is 2.19. The van der Waals surface area contributed by atoms with E-state index in [0.717, 1.165) is 11.1 Å². The first-order valence-electron chi connectivity index (χ1n) is 6.51. The molecule has 20 heavy (non-hydrogen) atoms. The SMILES string of the molecule is CNCc1cccc(S(=O)(=O)NCC(C)(C)OC)c1C. The number of ether oxygens (including phenoxy) is 1. The first-order chi connectivity index (χ1) is 9.23. The van der Waals surface area contributed by atoms with Crippen LogP contribution in [0.1, 0.15) is 25.0 Å². The smallest absolute Gasteiger partial charge is 0.240 e. The topological polar surface area (TPSA) is 67.4 Å². The van der Waals surface area contributed by atoms with Crippen molar-refractivity contribution in [2.24, 2.45) is 0 Å². The summed E-state index contributed by atoms with van der Waals surface area (Å²) in [4.78, 5) is 0.317. The quantitative estimate of drug-likeness (QED) is 0.799. The van der Waals surface area contributed by atoms with E-state index < -0.39 is 15.6 Å². The molecule has 0 fully saturated rings. The van der Waals surface area contributed by atoms with Gasteiger partial charge in [0.05, 0.1) is 10.5 Å². The van der Waals surface area contributed by atoms with Crippen molar-refractivity contribution in [2.75, 3.05) is 20.7 Å². The normalized spacial score (nSPS) is 12.7. The molecule has 0 aliphatic heterocycles. The van der Waals surface area contributed by atoms with Gasteiger partial charge in [0.15, 0.2) is 0 Å². The first kappa shape index (κ1) is 17.1. The molecular weight excluding hydrogens is 276 g/mol. The standard InChI is InChI=1S/C14H24N2O3S/c1-11-12(9-15-4)7-6-8-13(11)20(17,18)16-10-14(2,3)19-5/h6-8,15-16H,9-10H2,1-5H3. The zero-order chi connectivity index (χ0) is 15.4. The highest BCUT2D eigenvalue weighted by atomic mass is 32.2. The number of nitrogens with one attached hydrogen (secondary N) is 2. The molecule has 0 aromatic heterocycles.